The van der Waals surface area contributed by atoms with Crippen molar-refractivity contribution >= 4 is 23.2 Å². The molecule has 0 aliphatic heterocycles. The molecule has 0 saturated heterocycles. The minimum atomic E-state index is 0.207. The third kappa shape index (κ3) is 4.89. The molecule has 0 radical (unpaired) electrons. The summed E-state index contributed by atoms with van der Waals surface area (Å²) in [6.45, 7) is 0. The number of hydrogen-bond acceptors (Lipinski definition) is 5. The first-order valence-electron chi connectivity index (χ1n) is 8.52. The van der Waals surface area contributed by atoms with Crippen LogP contribution in [-0.4, -0.2) is 29.8 Å². The van der Waals surface area contributed by atoms with Crippen LogP contribution in [0.3, 0.4) is 0 Å². The van der Waals surface area contributed by atoms with Gasteiger partial charge in [-0.05, 0) is 29.3 Å². The normalized spacial score (nSPS) is 10.4. The molecule has 0 spiro atoms. The number of rotatable bonds is 7. The van der Waals surface area contributed by atoms with Crippen molar-refractivity contribution in [2.24, 2.45) is 0 Å². The molecule has 1 heterocycles. The van der Waals surface area contributed by atoms with Gasteiger partial charge in [-0.2, -0.15) is 4.98 Å². The fourth-order valence-corrected chi connectivity index (χ4v) is 2.61. The molecule has 0 aliphatic carbocycles. The van der Waals surface area contributed by atoms with Gasteiger partial charge >= 0.3 is 0 Å². The van der Waals surface area contributed by atoms with Crippen LogP contribution in [0.15, 0.2) is 66.9 Å². The van der Waals surface area contributed by atoms with Crippen molar-refractivity contribution in [1.29, 1.82) is 0 Å². The molecule has 2 aromatic carbocycles. The number of benzene rings is 2. The van der Waals surface area contributed by atoms with E-state index in [2.05, 4.69) is 15.3 Å². The first-order chi connectivity index (χ1) is 12.6. The highest BCUT2D eigenvalue weighted by Gasteiger charge is 2.06. The molecule has 1 aromatic heterocycles. The molecule has 0 aliphatic rings. The standard InChI is InChI=1S/C21H22N4O/c1-25(2)20-12-13-22-21(24-20)23-18-10-8-17(9-11-18)15-19(26)14-16-6-4-3-5-7-16/h3-13H,14-15H2,1-2H3,(H,22,23,24). The highest BCUT2D eigenvalue weighted by molar-refractivity contribution is 5.83. The highest BCUT2D eigenvalue weighted by atomic mass is 16.1. The quantitative estimate of drug-likeness (QED) is 0.708. The van der Waals surface area contributed by atoms with Crippen LogP contribution in [0.4, 0.5) is 17.5 Å². The molecular formula is C21H22N4O. The number of nitrogens with one attached hydrogen (secondary N) is 1. The smallest absolute Gasteiger partial charge is 0.229 e. The van der Waals surface area contributed by atoms with E-state index >= 15 is 0 Å². The molecule has 26 heavy (non-hydrogen) atoms. The number of hydrogen-bond donors (Lipinski definition) is 1. The van der Waals surface area contributed by atoms with E-state index in [0.717, 1.165) is 22.6 Å². The van der Waals surface area contributed by atoms with Crippen LogP contribution in [0.5, 0.6) is 0 Å². The molecule has 5 heteroatoms. The van der Waals surface area contributed by atoms with Crippen LogP contribution in [-0.2, 0) is 17.6 Å². The fraction of sp³-hybridized carbons (Fsp3) is 0.190. The van der Waals surface area contributed by atoms with E-state index in [1.54, 1.807) is 6.20 Å². The van der Waals surface area contributed by atoms with Crippen molar-refractivity contribution in [3.63, 3.8) is 0 Å². The van der Waals surface area contributed by atoms with Gasteiger partial charge in [0.05, 0.1) is 0 Å². The summed E-state index contributed by atoms with van der Waals surface area (Å²) >= 11 is 0. The maximum Gasteiger partial charge on any atom is 0.229 e. The Morgan fingerprint density at radius 2 is 1.58 bits per heavy atom. The van der Waals surface area contributed by atoms with E-state index in [1.165, 1.54) is 0 Å². The highest BCUT2D eigenvalue weighted by Crippen LogP contribution is 2.16. The maximum atomic E-state index is 12.2. The van der Waals surface area contributed by atoms with Gasteiger partial charge in [0.25, 0.3) is 0 Å². The summed E-state index contributed by atoms with van der Waals surface area (Å²) < 4.78 is 0. The topological polar surface area (TPSA) is 58.1 Å². The molecule has 0 saturated carbocycles. The lowest BCUT2D eigenvalue weighted by molar-refractivity contribution is -0.117. The van der Waals surface area contributed by atoms with Gasteiger partial charge < -0.3 is 10.2 Å². The van der Waals surface area contributed by atoms with Crippen LogP contribution >= 0.6 is 0 Å². The van der Waals surface area contributed by atoms with Crippen LogP contribution in [0, 0.1) is 0 Å². The third-order valence-corrected chi connectivity index (χ3v) is 3.95. The van der Waals surface area contributed by atoms with Crippen molar-refractivity contribution in [1.82, 2.24) is 9.97 Å². The molecule has 0 fully saturated rings. The number of ketones is 1. The molecule has 5 nitrogen and oxygen atoms in total. The molecule has 1 N–H and O–H groups in total. The van der Waals surface area contributed by atoms with Crippen molar-refractivity contribution < 1.29 is 4.79 Å². The average molecular weight is 346 g/mol. The van der Waals surface area contributed by atoms with Crippen LogP contribution in [0.2, 0.25) is 0 Å². The summed E-state index contributed by atoms with van der Waals surface area (Å²) in [6.07, 6.45) is 2.62. The number of nitrogens with zero attached hydrogens (tertiary/aromatic N) is 3. The molecule has 132 valence electrons. The molecule has 3 aromatic rings. The van der Waals surface area contributed by atoms with E-state index in [0.29, 0.717) is 18.8 Å². The van der Waals surface area contributed by atoms with Crippen LogP contribution in [0.25, 0.3) is 0 Å². The van der Waals surface area contributed by atoms with E-state index in [9.17, 15) is 4.79 Å². The zero-order chi connectivity index (χ0) is 18.4. The van der Waals surface area contributed by atoms with Gasteiger partial charge in [-0.25, -0.2) is 4.98 Å². The van der Waals surface area contributed by atoms with Crippen molar-refractivity contribution in [2.75, 3.05) is 24.3 Å². The van der Waals surface area contributed by atoms with Crippen molar-refractivity contribution in [2.45, 2.75) is 12.8 Å². The second-order valence-electron chi connectivity index (χ2n) is 6.33. The molecule has 0 amide bonds. The monoisotopic (exact) mass is 346 g/mol. The average Bonchev–Trinajstić information content (AvgIpc) is 2.64. The number of carbonyl (C=O) groups is 1. The van der Waals surface area contributed by atoms with Gasteiger partial charge in [0.2, 0.25) is 5.95 Å². The van der Waals surface area contributed by atoms with Gasteiger partial charge in [0, 0.05) is 38.8 Å². The van der Waals surface area contributed by atoms with E-state index < -0.39 is 0 Å². The summed E-state index contributed by atoms with van der Waals surface area (Å²) in [5, 5.41) is 3.19. The zero-order valence-electron chi connectivity index (χ0n) is 15.0. The lowest BCUT2D eigenvalue weighted by Crippen LogP contribution is -2.11. The lowest BCUT2D eigenvalue weighted by Gasteiger charge is -2.12. The van der Waals surface area contributed by atoms with E-state index in [1.807, 2.05) is 79.7 Å². The Kier molecular flexibility index (Phi) is 5.59. The van der Waals surface area contributed by atoms with Crippen molar-refractivity contribution in [3.05, 3.63) is 78.0 Å². The second-order valence-corrected chi connectivity index (χ2v) is 6.33. The van der Waals surface area contributed by atoms with Crippen LogP contribution in [0.1, 0.15) is 11.1 Å². The fourth-order valence-electron chi connectivity index (χ4n) is 2.61. The maximum absolute atomic E-state index is 12.2. The SMILES string of the molecule is CN(C)c1ccnc(Nc2ccc(CC(=O)Cc3ccccc3)cc2)n1. The molecule has 0 bridgehead atoms. The first kappa shape index (κ1) is 17.6. The summed E-state index contributed by atoms with van der Waals surface area (Å²) in [5.41, 5.74) is 2.94. The predicted molar refractivity (Wildman–Crippen MR) is 105 cm³/mol. The number of carbonyl (C=O) groups excluding carboxylic acids is 1. The molecule has 0 atom stereocenters. The summed E-state index contributed by atoms with van der Waals surface area (Å²) in [5.74, 6) is 1.59. The summed E-state index contributed by atoms with van der Waals surface area (Å²) in [6, 6.07) is 19.5. The Morgan fingerprint density at radius 3 is 2.23 bits per heavy atom. The zero-order valence-corrected chi connectivity index (χ0v) is 15.0. The number of Topliss-reactive ketones (excluding diaryl/α,β-unsaturated/α-hetero) is 1. The number of aromatic nitrogens is 2. The third-order valence-electron chi connectivity index (χ3n) is 3.95. The predicted octanol–water partition coefficient (Wildman–Crippen LogP) is 3.64. The molecule has 3 rings (SSSR count). The van der Waals surface area contributed by atoms with Gasteiger partial charge in [-0.3, -0.25) is 4.79 Å². The van der Waals surface area contributed by atoms with Gasteiger partial charge in [-0.1, -0.05) is 42.5 Å². The van der Waals surface area contributed by atoms with Crippen molar-refractivity contribution in [3.8, 4) is 0 Å². The van der Waals surface area contributed by atoms with Gasteiger partial charge in [0.1, 0.15) is 11.6 Å². The molecule has 0 unspecified atom stereocenters. The largest absolute Gasteiger partial charge is 0.363 e. The Morgan fingerprint density at radius 1 is 0.923 bits per heavy atom. The van der Waals surface area contributed by atoms with Gasteiger partial charge in [-0.15, -0.1) is 0 Å². The summed E-state index contributed by atoms with van der Waals surface area (Å²) in [4.78, 5) is 22.8. The second kappa shape index (κ2) is 8.25. The van der Waals surface area contributed by atoms with Gasteiger partial charge in [0.15, 0.2) is 0 Å². The van der Waals surface area contributed by atoms with E-state index in [4.69, 9.17) is 0 Å². The van der Waals surface area contributed by atoms with E-state index in [-0.39, 0.29) is 5.78 Å². The van der Waals surface area contributed by atoms with Crippen LogP contribution < -0.4 is 10.2 Å². The summed E-state index contributed by atoms with van der Waals surface area (Å²) in [7, 11) is 3.88. The lowest BCUT2D eigenvalue weighted by atomic mass is 10.0. The Hall–Kier alpha value is -3.21. The Balaban J connectivity index is 1.60. The minimum absolute atomic E-state index is 0.207. The first-order valence-corrected chi connectivity index (χ1v) is 8.52. The Labute approximate surface area is 153 Å². The minimum Gasteiger partial charge on any atom is -0.363 e. The Bertz CT molecular complexity index is 861. The molecular weight excluding hydrogens is 324 g/mol. The number of anilines is 3.